The normalized spacial score (nSPS) is 34.9. The van der Waals surface area contributed by atoms with E-state index >= 15 is 0 Å². The van der Waals surface area contributed by atoms with Crippen LogP contribution in [0.5, 0.6) is 0 Å². The standard InChI is InChI=1S/C24H32I2N2O2/c1-16-4-6-17(7-5-16)18-8-9-19(13-22(2,25)12-18)24(27,28)30-21-11-10-20(29)14-23(3,26)15-21/h8-17,29H,4-7,27-28H2,1-3H3. The minimum atomic E-state index is -1.49. The highest BCUT2D eigenvalue weighted by Gasteiger charge is 2.32. The molecule has 0 aliphatic heterocycles. The Morgan fingerprint density at radius 2 is 1.57 bits per heavy atom. The van der Waals surface area contributed by atoms with Gasteiger partial charge in [-0.15, -0.1) is 0 Å². The number of ether oxygens (including phenoxy) is 1. The zero-order chi connectivity index (χ0) is 22.2. The summed E-state index contributed by atoms with van der Waals surface area (Å²) in [5, 5.41) is 9.95. The molecule has 30 heavy (non-hydrogen) atoms. The first kappa shape index (κ1) is 24.1. The molecule has 3 rings (SSSR count). The molecule has 0 radical (unpaired) electrons. The van der Waals surface area contributed by atoms with Crippen molar-refractivity contribution in [2.75, 3.05) is 0 Å². The molecule has 0 amide bonds. The fraction of sp³-hybridized carbons (Fsp3) is 0.500. The molecule has 4 nitrogen and oxygen atoms in total. The van der Waals surface area contributed by atoms with Gasteiger partial charge in [-0.05, 0) is 68.4 Å². The minimum absolute atomic E-state index is 0.186. The number of hydrogen-bond donors (Lipinski definition) is 3. The second kappa shape index (κ2) is 9.11. The number of halogens is 2. The first-order valence-corrected chi connectivity index (χ1v) is 12.6. The van der Waals surface area contributed by atoms with Crippen molar-refractivity contribution in [1.29, 1.82) is 0 Å². The molecule has 1 saturated carbocycles. The third-order valence-electron chi connectivity index (χ3n) is 5.84. The topological polar surface area (TPSA) is 81.5 Å². The van der Waals surface area contributed by atoms with Crippen molar-refractivity contribution < 1.29 is 9.84 Å². The molecular formula is C24H32I2N2O2. The first-order chi connectivity index (χ1) is 13.9. The Morgan fingerprint density at radius 1 is 0.933 bits per heavy atom. The number of hydrogen-bond acceptors (Lipinski definition) is 4. The van der Waals surface area contributed by atoms with Gasteiger partial charge in [0, 0.05) is 5.57 Å². The summed E-state index contributed by atoms with van der Waals surface area (Å²) < 4.78 is 5.44. The van der Waals surface area contributed by atoms with Gasteiger partial charge in [0.05, 0.1) is 6.84 Å². The molecule has 0 bridgehead atoms. The van der Waals surface area contributed by atoms with Crippen LogP contribution in [0, 0.1) is 11.8 Å². The second-order valence-electron chi connectivity index (χ2n) is 9.18. The molecule has 2 atom stereocenters. The van der Waals surface area contributed by atoms with Crippen LogP contribution in [0.4, 0.5) is 0 Å². The van der Waals surface area contributed by atoms with Gasteiger partial charge in [0.1, 0.15) is 11.5 Å². The molecule has 3 aliphatic rings. The summed E-state index contributed by atoms with van der Waals surface area (Å²) in [6.07, 6.45) is 20.6. The van der Waals surface area contributed by atoms with Crippen molar-refractivity contribution in [3.8, 4) is 0 Å². The number of rotatable bonds is 4. The molecule has 2 unspecified atom stereocenters. The van der Waals surface area contributed by atoms with E-state index in [4.69, 9.17) is 16.2 Å². The molecule has 0 aromatic heterocycles. The number of nitrogens with two attached hydrogens (primary N) is 2. The minimum Gasteiger partial charge on any atom is -0.508 e. The van der Waals surface area contributed by atoms with Crippen LogP contribution in [0.1, 0.15) is 46.5 Å². The van der Waals surface area contributed by atoms with Gasteiger partial charge in [-0.1, -0.05) is 89.3 Å². The van der Waals surface area contributed by atoms with Crippen molar-refractivity contribution >= 4 is 45.2 Å². The van der Waals surface area contributed by atoms with Crippen molar-refractivity contribution in [2.24, 2.45) is 23.3 Å². The van der Waals surface area contributed by atoms with Gasteiger partial charge in [-0.25, -0.2) is 0 Å². The number of aliphatic hydroxyl groups excluding tert-OH is 1. The summed E-state index contributed by atoms with van der Waals surface area (Å²) in [7, 11) is 0. The summed E-state index contributed by atoms with van der Waals surface area (Å²) in [5.41, 5.74) is 15.1. The van der Waals surface area contributed by atoms with Crippen LogP contribution in [0.15, 0.2) is 71.3 Å². The lowest BCUT2D eigenvalue weighted by molar-refractivity contribution is 0.0552. The van der Waals surface area contributed by atoms with E-state index in [1.165, 1.54) is 31.3 Å². The van der Waals surface area contributed by atoms with Gasteiger partial charge in [0.2, 0.25) is 5.85 Å². The molecule has 0 aromatic carbocycles. The van der Waals surface area contributed by atoms with Gasteiger partial charge in [-0.3, -0.25) is 11.5 Å². The Morgan fingerprint density at radius 3 is 2.23 bits per heavy atom. The molecule has 5 N–H and O–H groups in total. The second-order valence-corrected chi connectivity index (χ2v) is 13.8. The van der Waals surface area contributed by atoms with Gasteiger partial charge in [0.25, 0.3) is 0 Å². The zero-order valence-electron chi connectivity index (χ0n) is 17.9. The maximum Gasteiger partial charge on any atom is 0.239 e. The Kier molecular flexibility index (Phi) is 7.31. The Labute approximate surface area is 207 Å². The molecule has 0 saturated heterocycles. The predicted octanol–water partition coefficient (Wildman–Crippen LogP) is 6.11. The molecule has 0 aromatic rings. The smallest absolute Gasteiger partial charge is 0.239 e. The predicted molar refractivity (Wildman–Crippen MR) is 141 cm³/mol. The van der Waals surface area contributed by atoms with E-state index in [2.05, 4.69) is 77.3 Å². The fourth-order valence-electron chi connectivity index (χ4n) is 4.23. The van der Waals surface area contributed by atoms with Gasteiger partial charge >= 0.3 is 0 Å². The monoisotopic (exact) mass is 634 g/mol. The van der Waals surface area contributed by atoms with Crippen molar-refractivity contribution in [3.63, 3.8) is 0 Å². The van der Waals surface area contributed by atoms with Crippen molar-refractivity contribution in [2.45, 2.75) is 59.1 Å². The highest BCUT2D eigenvalue weighted by Crippen LogP contribution is 2.39. The van der Waals surface area contributed by atoms with E-state index in [9.17, 15) is 5.11 Å². The molecule has 164 valence electrons. The summed E-state index contributed by atoms with van der Waals surface area (Å²) in [6.45, 7) is 6.48. The highest BCUT2D eigenvalue weighted by atomic mass is 127. The third-order valence-corrected chi connectivity index (χ3v) is 7.09. The largest absolute Gasteiger partial charge is 0.508 e. The van der Waals surface area contributed by atoms with Gasteiger partial charge in [-0.2, -0.15) is 0 Å². The zero-order valence-corrected chi connectivity index (χ0v) is 22.2. The highest BCUT2D eigenvalue weighted by molar-refractivity contribution is 14.1. The van der Waals surface area contributed by atoms with Crippen LogP contribution in [-0.4, -0.2) is 17.8 Å². The lowest BCUT2D eigenvalue weighted by Gasteiger charge is -2.29. The lowest BCUT2D eigenvalue weighted by Crippen LogP contribution is -2.53. The quantitative estimate of drug-likeness (QED) is 0.198. The molecule has 0 spiro atoms. The molecular weight excluding hydrogens is 602 g/mol. The lowest BCUT2D eigenvalue weighted by atomic mass is 9.78. The van der Waals surface area contributed by atoms with E-state index in [1.54, 1.807) is 18.2 Å². The van der Waals surface area contributed by atoms with Crippen LogP contribution in [0.3, 0.4) is 0 Å². The first-order valence-electron chi connectivity index (χ1n) is 10.5. The number of allylic oxidation sites excluding steroid dienone is 8. The van der Waals surface area contributed by atoms with Crippen LogP contribution in [0.2, 0.25) is 0 Å². The average molecular weight is 634 g/mol. The van der Waals surface area contributed by atoms with Gasteiger partial charge in [0.15, 0.2) is 0 Å². The summed E-state index contributed by atoms with van der Waals surface area (Å²) in [5.74, 6) is 0.636. The fourth-order valence-corrected chi connectivity index (χ4v) is 5.56. The SMILES string of the molecule is CC1CCC(C2=CC(C)(I)C=C(C(N)(N)OC3=CC(C)(I)C=C(O)C=C3)C=C2)CC1. The van der Waals surface area contributed by atoms with E-state index in [0.29, 0.717) is 11.7 Å². The maximum atomic E-state index is 9.95. The van der Waals surface area contributed by atoms with E-state index < -0.39 is 9.27 Å². The third kappa shape index (κ3) is 6.46. The number of alkyl halides is 2. The van der Waals surface area contributed by atoms with Gasteiger partial charge < -0.3 is 9.84 Å². The summed E-state index contributed by atoms with van der Waals surface area (Å²) in [6, 6.07) is 0. The van der Waals surface area contributed by atoms with E-state index in [1.807, 2.05) is 19.1 Å². The van der Waals surface area contributed by atoms with Crippen LogP contribution in [0.25, 0.3) is 0 Å². The summed E-state index contributed by atoms with van der Waals surface area (Å²) >= 11 is 4.68. The van der Waals surface area contributed by atoms with Crippen molar-refractivity contribution in [1.82, 2.24) is 0 Å². The van der Waals surface area contributed by atoms with Crippen LogP contribution < -0.4 is 11.5 Å². The Hall–Kier alpha value is -0.580. The van der Waals surface area contributed by atoms with E-state index in [0.717, 1.165) is 11.5 Å². The molecule has 1 fully saturated rings. The van der Waals surface area contributed by atoms with E-state index in [-0.39, 0.29) is 9.18 Å². The summed E-state index contributed by atoms with van der Waals surface area (Å²) in [4.78, 5) is 0. The maximum absolute atomic E-state index is 9.95. The molecule has 6 heteroatoms. The van der Waals surface area contributed by atoms with Crippen molar-refractivity contribution in [3.05, 3.63) is 71.3 Å². The molecule has 0 heterocycles. The van der Waals surface area contributed by atoms with Crippen LogP contribution >= 0.6 is 45.2 Å². The average Bonchev–Trinajstić information content (AvgIpc) is 2.85. The Bertz CT molecular complexity index is 852. The molecule has 3 aliphatic carbocycles. The Balaban J connectivity index is 1.83. The number of aliphatic hydroxyl groups is 1. The van der Waals surface area contributed by atoms with Crippen LogP contribution in [-0.2, 0) is 4.74 Å².